The molecule has 124 valence electrons. The van der Waals surface area contributed by atoms with Gasteiger partial charge in [0.25, 0.3) is 0 Å². The van der Waals surface area contributed by atoms with E-state index in [1.807, 2.05) is 6.07 Å². The molecule has 1 N–H and O–H groups in total. The second kappa shape index (κ2) is 7.06. The molecule has 0 atom stereocenters. The number of hydrogen-bond acceptors (Lipinski definition) is 4. The summed E-state index contributed by atoms with van der Waals surface area (Å²) in [4.78, 5) is 11.5. The number of halogens is 1. The minimum Gasteiger partial charge on any atom is -0.448 e. The summed E-state index contributed by atoms with van der Waals surface area (Å²) in [6, 6.07) is 6.28. The van der Waals surface area contributed by atoms with Crippen molar-refractivity contribution < 1.29 is 18.3 Å². The van der Waals surface area contributed by atoms with Crippen LogP contribution in [-0.4, -0.2) is 18.2 Å². The molecule has 1 aromatic heterocycles. The lowest BCUT2D eigenvalue weighted by Gasteiger charge is -2.18. The molecule has 0 saturated carbocycles. The van der Waals surface area contributed by atoms with Crippen molar-refractivity contribution in [3.05, 3.63) is 35.3 Å². The molecule has 6 heteroatoms. The van der Waals surface area contributed by atoms with Crippen molar-refractivity contribution in [3.8, 4) is 17.9 Å². The highest BCUT2D eigenvalue weighted by molar-refractivity contribution is 5.83. The summed E-state index contributed by atoms with van der Waals surface area (Å²) in [5.74, 6) is 5.37. The van der Waals surface area contributed by atoms with Crippen molar-refractivity contribution in [3.63, 3.8) is 0 Å². The van der Waals surface area contributed by atoms with E-state index in [1.54, 1.807) is 26.8 Å². The smallest absolute Gasteiger partial charge is 0.408 e. The zero-order valence-electron chi connectivity index (χ0n) is 13.7. The van der Waals surface area contributed by atoms with E-state index in [0.717, 1.165) is 0 Å². The third kappa shape index (κ3) is 4.50. The minimum absolute atomic E-state index is 0.0459. The summed E-state index contributed by atoms with van der Waals surface area (Å²) in [6.07, 6.45) is -0.602. The fourth-order valence-electron chi connectivity index (χ4n) is 2.03. The number of ether oxygens (including phenoxy) is 1. The van der Waals surface area contributed by atoms with Crippen LogP contribution in [0.3, 0.4) is 0 Å². The van der Waals surface area contributed by atoms with Crippen molar-refractivity contribution in [1.82, 2.24) is 5.32 Å². The molecule has 0 fully saturated rings. The molecule has 0 radical (unpaired) electrons. The van der Waals surface area contributed by atoms with Gasteiger partial charge < -0.3 is 14.5 Å². The van der Waals surface area contributed by atoms with Crippen LogP contribution >= 0.6 is 0 Å². The fourth-order valence-corrected chi connectivity index (χ4v) is 2.03. The van der Waals surface area contributed by atoms with Crippen molar-refractivity contribution in [2.45, 2.75) is 32.8 Å². The van der Waals surface area contributed by atoms with Crippen molar-refractivity contribution in [2.24, 2.45) is 0 Å². The van der Waals surface area contributed by atoms with Crippen LogP contribution in [0.25, 0.3) is 11.0 Å². The van der Waals surface area contributed by atoms with Crippen molar-refractivity contribution in [1.29, 1.82) is 5.26 Å². The molecule has 1 amide bonds. The quantitative estimate of drug-likeness (QED) is 0.856. The zero-order valence-corrected chi connectivity index (χ0v) is 13.7. The van der Waals surface area contributed by atoms with E-state index in [4.69, 9.17) is 14.4 Å². The Morgan fingerprint density at radius 2 is 2.17 bits per heavy atom. The number of rotatable bonds is 2. The molecule has 0 bridgehead atoms. The lowest BCUT2D eigenvalue weighted by molar-refractivity contribution is 0.0535. The van der Waals surface area contributed by atoms with Gasteiger partial charge in [0.1, 0.15) is 17.0 Å². The predicted molar refractivity (Wildman–Crippen MR) is 86.6 cm³/mol. The van der Waals surface area contributed by atoms with E-state index in [9.17, 15) is 9.18 Å². The van der Waals surface area contributed by atoms with Crippen LogP contribution in [0.1, 0.15) is 32.1 Å². The lowest BCUT2D eigenvalue weighted by atomic mass is 10.1. The first-order valence-corrected chi connectivity index (χ1v) is 7.34. The van der Waals surface area contributed by atoms with Gasteiger partial charge in [-0.05, 0) is 38.8 Å². The van der Waals surface area contributed by atoms with Gasteiger partial charge in [-0.2, -0.15) is 5.26 Å². The van der Waals surface area contributed by atoms with Crippen LogP contribution in [-0.2, 0) is 11.2 Å². The Balaban J connectivity index is 2.08. The number of amides is 1. The van der Waals surface area contributed by atoms with E-state index in [0.29, 0.717) is 22.3 Å². The largest absolute Gasteiger partial charge is 0.448 e. The first-order valence-electron chi connectivity index (χ1n) is 7.34. The SMILES string of the molecule is CC(C)(C)OC(=O)NCC#Cc1cc2c(CC#N)c(F)ccc2o1. The number of alkyl carbamates (subject to hydrolysis) is 1. The Labute approximate surface area is 139 Å². The average Bonchev–Trinajstić information content (AvgIpc) is 2.88. The standard InChI is InChI=1S/C18H17FN2O3/c1-18(2,3)24-17(22)21-10-4-5-12-11-14-13(8-9-20)15(19)6-7-16(14)23-12/h6-7,11H,8,10H2,1-3H3,(H,21,22). The highest BCUT2D eigenvalue weighted by atomic mass is 19.1. The molecule has 0 unspecified atom stereocenters. The Bertz CT molecular complexity index is 860. The molecular weight excluding hydrogens is 311 g/mol. The molecule has 0 aliphatic heterocycles. The van der Waals surface area contributed by atoms with Gasteiger partial charge in [0.2, 0.25) is 0 Å². The van der Waals surface area contributed by atoms with Gasteiger partial charge in [0.15, 0.2) is 5.76 Å². The highest BCUT2D eigenvalue weighted by Crippen LogP contribution is 2.25. The molecule has 5 nitrogen and oxygen atoms in total. The molecule has 1 aromatic carbocycles. The summed E-state index contributed by atoms with van der Waals surface area (Å²) in [5, 5.41) is 11.8. The van der Waals surface area contributed by atoms with E-state index < -0.39 is 17.5 Å². The number of nitriles is 1. The van der Waals surface area contributed by atoms with Crippen molar-refractivity contribution in [2.75, 3.05) is 6.54 Å². The summed E-state index contributed by atoms with van der Waals surface area (Å²) in [6.45, 7) is 5.39. The first-order chi connectivity index (χ1) is 11.3. The maximum Gasteiger partial charge on any atom is 0.408 e. The van der Waals surface area contributed by atoms with Crippen LogP contribution in [0, 0.1) is 29.0 Å². The van der Waals surface area contributed by atoms with Gasteiger partial charge in [0.05, 0.1) is 19.0 Å². The molecule has 0 aliphatic carbocycles. The van der Waals surface area contributed by atoms with Gasteiger partial charge in [-0.15, -0.1) is 0 Å². The second-order valence-corrected chi connectivity index (χ2v) is 6.04. The van der Waals surface area contributed by atoms with Gasteiger partial charge in [-0.25, -0.2) is 9.18 Å². The minimum atomic E-state index is -0.572. The van der Waals surface area contributed by atoms with E-state index >= 15 is 0 Å². The number of nitrogens with zero attached hydrogens (tertiary/aromatic N) is 1. The van der Waals surface area contributed by atoms with Gasteiger partial charge in [-0.3, -0.25) is 0 Å². The van der Waals surface area contributed by atoms with Crippen LogP contribution < -0.4 is 5.32 Å². The summed E-state index contributed by atoms with van der Waals surface area (Å²) < 4.78 is 24.3. The number of fused-ring (bicyclic) bond motifs is 1. The van der Waals surface area contributed by atoms with Crippen LogP contribution in [0.4, 0.5) is 9.18 Å². The molecule has 2 aromatic rings. The molecule has 0 spiro atoms. The Morgan fingerprint density at radius 3 is 2.83 bits per heavy atom. The van der Waals surface area contributed by atoms with E-state index in [1.165, 1.54) is 12.1 Å². The Morgan fingerprint density at radius 1 is 1.42 bits per heavy atom. The van der Waals surface area contributed by atoms with E-state index in [2.05, 4.69) is 17.2 Å². The number of carbonyl (C=O) groups excluding carboxylic acids is 1. The van der Waals surface area contributed by atoms with Crippen LogP contribution in [0.15, 0.2) is 22.6 Å². The summed E-state index contributed by atoms with van der Waals surface area (Å²) >= 11 is 0. The van der Waals surface area contributed by atoms with Gasteiger partial charge in [-0.1, -0.05) is 5.92 Å². The Hall–Kier alpha value is -2.99. The fraction of sp³-hybridized carbons (Fsp3) is 0.333. The predicted octanol–water partition coefficient (Wildman–Crippen LogP) is 3.51. The van der Waals surface area contributed by atoms with Crippen LogP contribution in [0.2, 0.25) is 0 Å². The average molecular weight is 328 g/mol. The topological polar surface area (TPSA) is 75.3 Å². The molecule has 1 heterocycles. The van der Waals surface area contributed by atoms with Crippen LogP contribution in [0.5, 0.6) is 0 Å². The van der Waals surface area contributed by atoms with E-state index in [-0.39, 0.29) is 13.0 Å². The molecule has 0 saturated heterocycles. The lowest BCUT2D eigenvalue weighted by Crippen LogP contribution is -2.32. The normalized spacial score (nSPS) is 10.6. The first kappa shape index (κ1) is 17.4. The number of hydrogen-bond donors (Lipinski definition) is 1. The number of furan rings is 1. The monoisotopic (exact) mass is 328 g/mol. The van der Waals surface area contributed by atoms with Crippen molar-refractivity contribution >= 4 is 17.1 Å². The molecule has 0 aliphatic rings. The third-order valence-corrected chi connectivity index (χ3v) is 2.94. The highest BCUT2D eigenvalue weighted by Gasteiger charge is 2.15. The molecule has 24 heavy (non-hydrogen) atoms. The van der Waals surface area contributed by atoms with Gasteiger partial charge >= 0.3 is 6.09 Å². The third-order valence-electron chi connectivity index (χ3n) is 2.94. The number of carbonyl (C=O) groups is 1. The number of benzene rings is 1. The second-order valence-electron chi connectivity index (χ2n) is 6.04. The maximum absolute atomic E-state index is 13.8. The maximum atomic E-state index is 13.8. The summed E-state index contributed by atoms with van der Waals surface area (Å²) in [7, 11) is 0. The number of nitrogens with one attached hydrogen (secondary N) is 1. The molecular formula is C18H17FN2O3. The van der Waals surface area contributed by atoms with Gasteiger partial charge in [0, 0.05) is 17.0 Å². The molecule has 2 rings (SSSR count). The zero-order chi connectivity index (χ0) is 17.7. The Kier molecular flexibility index (Phi) is 5.11. The summed E-state index contributed by atoms with van der Waals surface area (Å²) in [5.41, 5.74) is 0.182.